The van der Waals surface area contributed by atoms with Gasteiger partial charge in [0.05, 0.1) is 14.0 Å². The molecular weight excluding hydrogens is 414 g/mol. The van der Waals surface area contributed by atoms with E-state index in [1.54, 1.807) is 12.1 Å². The number of fused-ring (bicyclic) bond motifs is 3. The summed E-state index contributed by atoms with van der Waals surface area (Å²) in [4.78, 5) is 16.9. The summed E-state index contributed by atoms with van der Waals surface area (Å²) in [5.41, 5.74) is 0. The molecule has 4 heterocycles. The van der Waals surface area contributed by atoms with Gasteiger partial charge in [-0.25, -0.2) is 13.6 Å². The smallest absolute Gasteiger partial charge is 0.261 e. The standard InChI is InChI=1S/C19H23N3O3S3/c1-12-18(13-8-10-22(12)11-9-13)21-19(23)16-6-7-17(27-16)26-14-2-4-15(5-3-14)28(20,24)25/h2-7,12-13,18H,8-11H2,1H3,(H,21,23)(H2,20,24,25)/t12-,18-/m0/s1. The molecule has 3 N–H and O–H groups in total. The lowest BCUT2D eigenvalue weighted by atomic mass is 9.79. The molecule has 3 fully saturated rings. The molecule has 1 amide bonds. The molecule has 0 unspecified atom stereocenters. The SMILES string of the molecule is C[C@H]1[C@H](NC(=O)c2ccc(Sc3ccc(S(N)(=O)=O)cc3)s2)C2CCN1CC2. The van der Waals surface area contributed by atoms with E-state index < -0.39 is 10.0 Å². The van der Waals surface area contributed by atoms with Crippen molar-refractivity contribution in [1.29, 1.82) is 0 Å². The second-order valence-electron chi connectivity index (χ2n) is 7.35. The Balaban J connectivity index is 1.40. The van der Waals surface area contributed by atoms with Gasteiger partial charge in [-0.05, 0) is 75.2 Å². The zero-order valence-corrected chi connectivity index (χ0v) is 17.9. The molecular formula is C19H23N3O3S3. The molecule has 1 aromatic heterocycles. The first-order chi connectivity index (χ1) is 13.3. The lowest BCUT2D eigenvalue weighted by Crippen LogP contribution is -2.62. The number of nitrogens with one attached hydrogen (secondary N) is 1. The Morgan fingerprint density at radius 3 is 2.46 bits per heavy atom. The van der Waals surface area contributed by atoms with Crippen molar-refractivity contribution in [1.82, 2.24) is 10.2 Å². The first kappa shape index (κ1) is 19.9. The Kier molecular flexibility index (Phi) is 5.54. The summed E-state index contributed by atoms with van der Waals surface area (Å²) < 4.78 is 23.7. The predicted octanol–water partition coefficient (Wildman–Crippen LogP) is 2.76. The van der Waals surface area contributed by atoms with E-state index in [2.05, 4.69) is 17.1 Å². The lowest BCUT2D eigenvalue weighted by molar-refractivity contribution is 0.0218. The zero-order valence-electron chi connectivity index (χ0n) is 15.5. The van der Waals surface area contributed by atoms with Crippen LogP contribution in [0.5, 0.6) is 0 Å². The van der Waals surface area contributed by atoms with Crippen LogP contribution in [0.15, 0.2) is 50.4 Å². The fourth-order valence-corrected chi connectivity index (χ4v) is 6.60. The molecule has 28 heavy (non-hydrogen) atoms. The van der Waals surface area contributed by atoms with Gasteiger partial charge in [0.1, 0.15) is 0 Å². The Morgan fingerprint density at radius 2 is 1.86 bits per heavy atom. The normalized spacial score (nSPS) is 26.9. The molecule has 0 radical (unpaired) electrons. The van der Waals surface area contributed by atoms with Gasteiger partial charge in [-0.15, -0.1) is 11.3 Å². The molecule has 2 aromatic rings. The molecule has 6 nitrogen and oxygen atoms in total. The number of benzene rings is 1. The van der Waals surface area contributed by atoms with E-state index in [4.69, 9.17) is 5.14 Å². The van der Waals surface area contributed by atoms with Gasteiger partial charge >= 0.3 is 0 Å². The second kappa shape index (κ2) is 7.79. The van der Waals surface area contributed by atoms with Gasteiger partial charge in [0.15, 0.2) is 0 Å². The summed E-state index contributed by atoms with van der Waals surface area (Å²) in [5, 5.41) is 8.38. The average molecular weight is 438 g/mol. The second-order valence-corrected chi connectivity index (χ2v) is 11.4. The summed E-state index contributed by atoms with van der Waals surface area (Å²) in [6, 6.07) is 10.8. The van der Waals surface area contributed by atoms with Crippen LogP contribution in [-0.2, 0) is 10.0 Å². The fraction of sp³-hybridized carbons (Fsp3) is 0.421. The summed E-state index contributed by atoms with van der Waals surface area (Å²) in [7, 11) is -3.69. The minimum Gasteiger partial charge on any atom is -0.347 e. The monoisotopic (exact) mass is 437 g/mol. The Bertz CT molecular complexity index is 962. The van der Waals surface area contributed by atoms with Crippen molar-refractivity contribution in [3.63, 3.8) is 0 Å². The van der Waals surface area contributed by atoms with Gasteiger partial charge in [0, 0.05) is 17.0 Å². The predicted molar refractivity (Wildman–Crippen MR) is 111 cm³/mol. The Labute approximate surface area is 173 Å². The van der Waals surface area contributed by atoms with Gasteiger partial charge in [0.25, 0.3) is 5.91 Å². The molecule has 0 aliphatic carbocycles. The van der Waals surface area contributed by atoms with E-state index in [0.717, 1.165) is 35.0 Å². The topological polar surface area (TPSA) is 92.5 Å². The van der Waals surface area contributed by atoms with Crippen molar-refractivity contribution < 1.29 is 13.2 Å². The van der Waals surface area contributed by atoms with E-state index in [9.17, 15) is 13.2 Å². The number of sulfonamides is 1. The van der Waals surface area contributed by atoms with Crippen LogP contribution in [0, 0.1) is 5.92 Å². The third kappa shape index (κ3) is 4.13. The van der Waals surface area contributed by atoms with E-state index in [1.807, 2.05) is 12.1 Å². The van der Waals surface area contributed by atoms with E-state index in [0.29, 0.717) is 16.8 Å². The zero-order chi connectivity index (χ0) is 19.9. The number of nitrogens with two attached hydrogens (primary N) is 1. The molecule has 1 aromatic carbocycles. The fourth-order valence-electron chi connectivity index (χ4n) is 4.08. The molecule has 0 spiro atoms. The summed E-state index contributed by atoms with van der Waals surface area (Å²) in [6.45, 7) is 4.49. The van der Waals surface area contributed by atoms with Crippen LogP contribution in [-0.4, -0.2) is 44.4 Å². The third-order valence-corrected chi connectivity index (χ3v) is 8.80. The number of carbonyl (C=O) groups excluding carboxylic acids is 1. The molecule has 3 saturated heterocycles. The summed E-state index contributed by atoms with van der Waals surface area (Å²) in [5.74, 6) is 0.571. The first-order valence-corrected chi connectivity index (χ1v) is 12.4. The van der Waals surface area contributed by atoms with Gasteiger partial charge in [0.2, 0.25) is 10.0 Å². The van der Waals surface area contributed by atoms with Gasteiger partial charge in [-0.2, -0.15) is 0 Å². The number of rotatable bonds is 5. The number of carbonyl (C=O) groups is 1. The number of piperidine rings is 3. The minimum atomic E-state index is -3.69. The number of hydrogen-bond donors (Lipinski definition) is 2. The summed E-state index contributed by atoms with van der Waals surface area (Å²) >= 11 is 2.95. The molecule has 5 rings (SSSR count). The van der Waals surface area contributed by atoms with Crippen molar-refractivity contribution in [3.8, 4) is 0 Å². The van der Waals surface area contributed by atoms with Crippen molar-refractivity contribution in [3.05, 3.63) is 41.3 Å². The highest BCUT2D eigenvalue weighted by Gasteiger charge is 2.40. The quantitative estimate of drug-likeness (QED) is 0.750. The maximum atomic E-state index is 12.7. The molecule has 2 atom stereocenters. The van der Waals surface area contributed by atoms with Crippen molar-refractivity contribution in [2.75, 3.05) is 13.1 Å². The van der Waals surface area contributed by atoms with Crippen molar-refractivity contribution in [2.45, 2.75) is 45.8 Å². The third-order valence-electron chi connectivity index (χ3n) is 5.65. The van der Waals surface area contributed by atoms with Crippen molar-refractivity contribution in [2.24, 2.45) is 11.1 Å². The van der Waals surface area contributed by atoms with Crippen LogP contribution < -0.4 is 10.5 Å². The van der Waals surface area contributed by atoms with Crippen LogP contribution in [0.25, 0.3) is 0 Å². The minimum absolute atomic E-state index is 0.00739. The summed E-state index contributed by atoms with van der Waals surface area (Å²) in [6.07, 6.45) is 2.32. The average Bonchev–Trinajstić information content (AvgIpc) is 3.13. The maximum absolute atomic E-state index is 12.7. The number of nitrogens with zero attached hydrogens (tertiary/aromatic N) is 1. The van der Waals surface area contributed by atoms with Crippen LogP contribution in [0.1, 0.15) is 29.4 Å². The lowest BCUT2D eigenvalue weighted by Gasteiger charge is -2.49. The van der Waals surface area contributed by atoms with Crippen molar-refractivity contribution >= 4 is 39.0 Å². The largest absolute Gasteiger partial charge is 0.347 e. The maximum Gasteiger partial charge on any atom is 0.261 e. The highest BCUT2D eigenvalue weighted by atomic mass is 32.2. The number of hydrogen-bond acceptors (Lipinski definition) is 6. The Morgan fingerprint density at radius 1 is 1.18 bits per heavy atom. The van der Waals surface area contributed by atoms with Gasteiger partial charge < -0.3 is 5.32 Å². The van der Waals surface area contributed by atoms with Crippen LogP contribution in [0.2, 0.25) is 0 Å². The first-order valence-electron chi connectivity index (χ1n) is 9.27. The van der Waals surface area contributed by atoms with Crippen LogP contribution >= 0.6 is 23.1 Å². The van der Waals surface area contributed by atoms with Gasteiger partial charge in [-0.3, -0.25) is 9.69 Å². The highest BCUT2D eigenvalue weighted by molar-refractivity contribution is 8.01. The van der Waals surface area contributed by atoms with E-state index in [-0.39, 0.29) is 16.8 Å². The Hall–Kier alpha value is -1.39. The molecule has 3 aliphatic rings. The molecule has 3 aliphatic heterocycles. The number of thiophene rings is 1. The molecule has 9 heteroatoms. The number of amides is 1. The van der Waals surface area contributed by atoms with Crippen LogP contribution in [0.3, 0.4) is 0 Å². The van der Waals surface area contributed by atoms with E-state index in [1.165, 1.54) is 35.2 Å². The molecule has 150 valence electrons. The number of primary sulfonamides is 1. The van der Waals surface area contributed by atoms with Gasteiger partial charge in [-0.1, -0.05) is 11.8 Å². The van der Waals surface area contributed by atoms with Crippen LogP contribution in [0.4, 0.5) is 0 Å². The molecule has 2 bridgehead atoms. The highest BCUT2D eigenvalue weighted by Crippen LogP contribution is 2.35. The molecule has 0 saturated carbocycles. The van der Waals surface area contributed by atoms with E-state index >= 15 is 0 Å².